The summed E-state index contributed by atoms with van der Waals surface area (Å²) in [6, 6.07) is 16.1. The predicted octanol–water partition coefficient (Wildman–Crippen LogP) is 11.8. The minimum Gasteiger partial charge on any atom is -0.393 e. The van der Waals surface area contributed by atoms with Gasteiger partial charge in [-0.15, -0.1) is 24.0 Å². The maximum absolute atomic E-state index is 9.56. The number of aliphatic hydroxyl groups is 1. The van der Waals surface area contributed by atoms with E-state index in [0.717, 1.165) is 76.7 Å². The first kappa shape index (κ1) is 57.1. The van der Waals surface area contributed by atoms with Crippen molar-refractivity contribution in [1.82, 2.24) is 0 Å². The molecule has 3 aromatic rings. The Morgan fingerprint density at radius 1 is 0.500 bits per heavy atom. The zero-order valence-corrected chi connectivity index (χ0v) is 49.8. The Morgan fingerprint density at radius 3 is 1.23 bits per heavy atom. The van der Waals surface area contributed by atoms with Gasteiger partial charge in [-0.25, -0.2) is 0 Å². The topological polar surface area (TPSA) is 118 Å². The van der Waals surface area contributed by atoms with Gasteiger partial charge in [-0.3, -0.25) is 0 Å². The molecule has 0 amide bonds. The minimum absolute atomic E-state index is 0. The largest absolute Gasteiger partial charge is 0.393 e. The molecule has 9 atom stereocenters. The van der Waals surface area contributed by atoms with Crippen LogP contribution < -0.4 is 27.5 Å². The number of aliphatic hydroxyl groups excluding tert-OH is 1. The van der Waals surface area contributed by atoms with Gasteiger partial charge in [0.15, 0.2) is 0 Å². The maximum atomic E-state index is 9.56. The number of phenols is 3. The number of halogens is 6. The number of hydrogen-bond donors (Lipinski definition) is 4. The fraction of sp³-hybridized carbons (Fsp3) is 0.625. The number of hydrogen-bond acceptors (Lipinski definition) is 8. The van der Waals surface area contributed by atoms with E-state index in [0.29, 0.717) is 44.4 Å². The quantitative estimate of drug-likeness (QED) is 0.130. The van der Waals surface area contributed by atoms with Crippen LogP contribution in [-0.2, 0) is 4.74 Å². The van der Waals surface area contributed by atoms with Gasteiger partial charge < -0.3 is 39.4 Å². The van der Waals surface area contributed by atoms with Gasteiger partial charge in [-0.05, 0) is 167 Å². The van der Waals surface area contributed by atoms with Crippen molar-refractivity contribution in [3.05, 3.63) is 71.3 Å². The van der Waals surface area contributed by atoms with Crippen LogP contribution in [0.3, 0.4) is 0 Å². The summed E-state index contributed by atoms with van der Waals surface area (Å²) < 4.78 is 23.0. The number of benzene rings is 3. The second-order valence-electron chi connectivity index (χ2n) is 18.1. The van der Waals surface area contributed by atoms with Gasteiger partial charge in [0.2, 0.25) is 0 Å². The molecule has 0 heterocycles. The Balaban J connectivity index is 0.000000223. The summed E-state index contributed by atoms with van der Waals surface area (Å²) in [6.07, 6.45) is 20.5. The van der Waals surface area contributed by atoms with E-state index in [1.807, 2.05) is 25.1 Å². The molecular weight excluding hydrogens is 1470 g/mol. The third kappa shape index (κ3) is 21.4. The Hall–Kier alpha value is 0.760. The van der Waals surface area contributed by atoms with Crippen LogP contribution >= 0.6 is 98.4 Å². The fourth-order valence-electron chi connectivity index (χ4n) is 10.6. The predicted molar refractivity (Wildman–Crippen MR) is 292 cm³/mol. The van der Waals surface area contributed by atoms with Crippen molar-refractivity contribution in [2.45, 2.75) is 135 Å². The summed E-state index contributed by atoms with van der Waals surface area (Å²) in [5, 5.41) is 36.5. The monoisotopic (exact) mass is 1530 g/mol. The Kier molecular flexibility index (Phi) is 28.5. The van der Waals surface area contributed by atoms with Crippen LogP contribution in [0.1, 0.15) is 113 Å². The van der Waals surface area contributed by atoms with E-state index in [2.05, 4.69) is 87.5 Å². The van der Waals surface area contributed by atoms with Gasteiger partial charge in [0, 0.05) is 62.5 Å². The second kappa shape index (κ2) is 31.0. The van der Waals surface area contributed by atoms with Crippen molar-refractivity contribution in [3.63, 3.8) is 0 Å². The van der Waals surface area contributed by atoms with Gasteiger partial charge >= 0.3 is 50.5 Å². The molecule has 3 unspecified atom stereocenters. The van der Waals surface area contributed by atoms with E-state index in [4.69, 9.17) is 29.2 Å². The number of phenolic OH excluding ortho intramolecular Hbond substituents is 3. The van der Waals surface area contributed by atoms with E-state index in [-0.39, 0.29) is 41.6 Å². The molecule has 4 N–H and O–H groups in total. The molecule has 3 aromatic carbocycles. The summed E-state index contributed by atoms with van der Waals surface area (Å²) in [4.78, 5) is 0. The van der Waals surface area contributed by atoms with Crippen molar-refractivity contribution in [2.75, 3.05) is 20.3 Å². The normalized spacial score (nSPS) is 27.0. The van der Waals surface area contributed by atoms with Crippen molar-refractivity contribution in [2.24, 2.45) is 35.5 Å². The summed E-state index contributed by atoms with van der Waals surface area (Å²) in [7, 11) is 1.69. The van der Waals surface area contributed by atoms with Gasteiger partial charge in [-0.2, -0.15) is 0 Å². The Labute approximate surface area is 442 Å². The van der Waals surface area contributed by atoms with Crippen LogP contribution in [0.15, 0.2) is 54.6 Å². The van der Waals surface area contributed by atoms with E-state index in [9.17, 15) is 10.2 Å². The molecule has 6 aliphatic carbocycles. The summed E-state index contributed by atoms with van der Waals surface area (Å²) >= 11 is 9.54. The molecule has 0 aromatic heterocycles. The van der Waals surface area contributed by atoms with Crippen LogP contribution in [0.25, 0.3) is 0 Å². The fourth-order valence-corrected chi connectivity index (χ4v) is 10.6. The number of aromatic hydroxyl groups is 3. The first-order chi connectivity index (χ1) is 29.4. The van der Waals surface area contributed by atoms with Crippen molar-refractivity contribution in [3.8, 4) is 34.5 Å². The van der Waals surface area contributed by atoms with E-state index in [1.54, 1.807) is 38.3 Å². The molecule has 6 bridgehead atoms. The zero-order chi connectivity index (χ0) is 44.3. The maximum Gasteiger partial charge on any atom is 0.0545 e. The van der Waals surface area contributed by atoms with Gasteiger partial charge in [0.05, 0.1) is 24.9 Å². The molecule has 6 aliphatic rings. The van der Waals surface area contributed by atoms with Crippen LogP contribution in [0, 0.1) is 56.3 Å². The average Bonchev–Trinajstić information content (AvgIpc) is 3.85. The third-order valence-corrected chi connectivity index (χ3v) is 12.8. The van der Waals surface area contributed by atoms with E-state index < -0.39 is 0 Å². The molecule has 0 radical (unpaired) electrons. The molecule has 14 heteroatoms. The van der Waals surface area contributed by atoms with Crippen molar-refractivity contribution in [1.29, 1.82) is 0 Å². The molecule has 6 fully saturated rings. The first-order valence-corrected chi connectivity index (χ1v) is 40.8. The Morgan fingerprint density at radius 2 is 0.839 bits per heavy atom. The van der Waals surface area contributed by atoms with Gasteiger partial charge in [-0.1, -0.05) is 38.5 Å². The van der Waals surface area contributed by atoms with Gasteiger partial charge in [0.1, 0.15) is 41.1 Å². The smallest absolute Gasteiger partial charge is 0.0545 e. The molecule has 6 saturated carbocycles. The second-order valence-corrected chi connectivity index (χ2v) is 34.3. The minimum atomic E-state index is 0. The van der Waals surface area contributed by atoms with Crippen LogP contribution in [-0.4, -0.2) is 59.1 Å². The molecule has 0 aliphatic heterocycles. The van der Waals surface area contributed by atoms with Crippen LogP contribution in [0.5, 0.6) is 34.5 Å². The number of rotatable bonds is 8. The standard InChI is InChI=1S/C18H26O3.C15H20O2.C8H14O.C7H8O2.I3.I2.HI/c1-13-7-16(20-6-5-19-2)12-17(8-13)21-18-10-14-3-4-15(9-14)11-18;1-10-4-13(16)9-14(5-10)17-15-7-11-2-3-12(6-11)8-15;9-8-4-6-1-2-7(3-6)5-8;1-5-2-6(8)4-7(9)3-5;1-3-2;1-2;/h7-8,12,14-15,18H,3-6,9-11H2,1-2H3;4-5,9,11-12,15-16H,2-3,6-8H2,1H3;6-9H,1-5H2;2-4,8-9H,1H3;;;1H/q;;;;-1;;/t14-,15+,18?;11-,12+,15?;6-,7+,8?;;;;. The molecule has 9 rings (SSSR count). The van der Waals surface area contributed by atoms with Crippen molar-refractivity contribution >= 4 is 98.4 Å². The molecule has 8 nitrogen and oxygen atoms in total. The molecule has 352 valence electrons. The number of methoxy groups -OCH3 is 1. The average molecular weight is 1540 g/mol. The molecular formula is C48H69I6O8-. The summed E-state index contributed by atoms with van der Waals surface area (Å²) in [6.45, 7) is 7.06. The number of fused-ring (bicyclic) bond motifs is 6. The molecule has 0 spiro atoms. The molecule has 62 heavy (non-hydrogen) atoms. The van der Waals surface area contributed by atoms with E-state index in [1.165, 1.54) is 95.1 Å². The van der Waals surface area contributed by atoms with Crippen molar-refractivity contribution < 1.29 is 52.6 Å². The summed E-state index contributed by atoms with van der Waals surface area (Å²) in [5.41, 5.74) is 3.09. The van der Waals surface area contributed by atoms with E-state index >= 15 is 0 Å². The SMILES string of the molecule is COCCOc1cc(C)cc(OC2C[C@H]3CC[C@@H](C2)C3)c1.Cc1cc(O)cc(O)c1.Cc1cc(O)cc(OC2C[C@H]3CC[C@@H](C2)C3)c1.I.II.I[I-]I.OC1C[C@H]2CC[C@@H](C1)C2. The third-order valence-electron chi connectivity index (χ3n) is 12.8. The van der Waals surface area contributed by atoms with Crippen LogP contribution in [0.2, 0.25) is 0 Å². The number of ether oxygens (including phenoxy) is 4. The summed E-state index contributed by atoms with van der Waals surface area (Å²) in [5.74, 6) is 8.51. The Bertz CT molecular complexity index is 1610. The zero-order valence-electron chi connectivity index (χ0n) is 36.6. The van der Waals surface area contributed by atoms with Crippen LogP contribution in [0.4, 0.5) is 0 Å². The first-order valence-electron chi connectivity index (χ1n) is 21.9. The van der Waals surface area contributed by atoms with Gasteiger partial charge in [0.25, 0.3) is 0 Å². The number of aryl methyl sites for hydroxylation is 3. The molecule has 0 saturated heterocycles.